The predicted molar refractivity (Wildman–Crippen MR) is 72.0 cm³/mol. The number of thiocarbonyl (C=S) groups is 1. The molecular weight excluding hydrogens is 240 g/mol. The van der Waals surface area contributed by atoms with E-state index in [1.54, 1.807) is 4.90 Å². The van der Waals surface area contributed by atoms with Gasteiger partial charge in [-0.25, -0.2) is 0 Å². The molecule has 88 valence electrons. The molecule has 0 aliphatic carbocycles. The zero-order valence-corrected chi connectivity index (χ0v) is 11.2. The lowest BCUT2D eigenvalue weighted by Crippen LogP contribution is -2.38. The van der Waals surface area contributed by atoms with Crippen molar-refractivity contribution >= 4 is 34.5 Å². The van der Waals surface area contributed by atoms with Gasteiger partial charge in [0.15, 0.2) is 0 Å². The molecule has 0 aromatic carbocycles. The van der Waals surface area contributed by atoms with Crippen molar-refractivity contribution in [1.29, 1.82) is 0 Å². The van der Waals surface area contributed by atoms with E-state index in [4.69, 9.17) is 18.0 Å². The van der Waals surface area contributed by atoms with E-state index in [0.29, 0.717) is 18.1 Å². The Bertz CT molecular complexity index is 387. The van der Waals surface area contributed by atoms with Crippen LogP contribution in [0, 0.1) is 6.92 Å². The average Bonchev–Trinajstić information content (AvgIpc) is 2.62. The third-order valence-electron chi connectivity index (χ3n) is 2.18. The molecule has 0 saturated carbocycles. The van der Waals surface area contributed by atoms with Crippen molar-refractivity contribution in [3.8, 4) is 0 Å². The van der Waals surface area contributed by atoms with E-state index in [1.807, 2.05) is 25.3 Å². The lowest BCUT2D eigenvalue weighted by molar-refractivity contribution is 0.0784. The second-order valence-corrected chi connectivity index (χ2v) is 5.07. The molecule has 0 fully saturated rings. The Labute approximate surface area is 105 Å². The molecule has 1 rings (SSSR count). The van der Waals surface area contributed by atoms with Crippen molar-refractivity contribution in [2.24, 2.45) is 5.73 Å². The summed E-state index contributed by atoms with van der Waals surface area (Å²) in [6.45, 7) is 5.02. The van der Waals surface area contributed by atoms with Gasteiger partial charge in [-0.15, -0.1) is 11.3 Å². The molecule has 16 heavy (non-hydrogen) atoms. The summed E-state index contributed by atoms with van der Waals surface area (Å²) in [5, 5.41) is 1.92. The summed E-state index contributed by atoms with van der Waals surface area (Å²) in [5.41, 5.74) is 6.51. The SMILES string of the molecule is CCCN(CC(N)=S)C(=O)c1sccc1C. The lowest BCUT2D eigenvalue weighted by atomic mass is 10.2. The van der Waals surface area contributed by atoms with Crippen LogP contribution < -0.4 is 5.73 Å². The molecule has 1 aromatic heterocycles. The van der Waals surface area contributed by atoms with Crippen molar-refractivity contribution in [2.45, 2.75) is 20.3 Å². The van der Waals surface area contributed by atoms with Gasteiger partial charge < -0.3 is 10.6 Å². The first kappa shape index (κ1) is 13.1. The summed E-state index contributed by atoms with van der Waals surface area (Å²) in [5.74, 6) is 0.0298. The van der Waals surface area contributed by atoms with Crippen LogP contribution in [-0.2, 0) is 0 Å². The van der Waals surface area contributed by atoms with Crippen LogP contribution in [0.3, 0.4) is 0 Å². The van der Waals surface area contributed by atoms with Gasteiger partial charge in [0.05, 0.1) is 16.4 Å². The van der Waals surface area contributed by atoms with Gasteiger partial charge >= 0.3 is 0 Å². The zero-order chi connectivity index (χ0) is 12.1. The topological polar surface area (TPSA) is 46.3 Å². The Kier molecular flexibility index (Phi) is 4.89. The summed E-state index contributed by atoms with van der Waals surface area (Å²) in [7, 11) is 0. The summed E-state index contributed by atoms with van der Waals surface area (Å²) in [6.07, 6.45) is 0.902. The highest BCUT2D eigenvalue weighted by molar-refractivity contribution is 7.80. The first-order chi connectivity index (χ1) is 7.56. The molecule has 1 heterocycles. The Morgan fingerprint density at radius 2 is 2.31 bits per heavy atom. The van der Waals surface area contributed by atoms with Gasteiger partial charge in [0.1, 0.15) is 0 Å². The summed E-state index contributed by atoms with van der Waals surface area (Å²) < 4.78 is 0. The molecule has 2 N–H and O–H groups in total. The van der Waals surface area contributed by atoms with Crippen LogP contribution in [0.5, 0.6) is 0 Å². The number of nitrogens with two attached hydrogens (primary N) is 1. The number of amides is 1. The van der Waals surface area contributed by atoms with Crippen LogP contribution in [0.15, 0.2) is 11.4 Å². The Morgan fingerprint density at radius 1 is 1.62 bits per heavy atom. The van der Waals surface area contributed by atoms with Gasteiger partial charge in [0.2, 0.25) is 0 Å². The second kappa shape index (κ2) is 5.96. The van der Waals surface area contributed by atoms with E-state index < -0.39 is 0 Å². The van der Waals surface area contributed by atoms with E-state index in [0.717, 1.165) is 16.9 Å². The van der Waals surface area contributed by atoms with Gasteiger partial charge in [-0.2, -0.15) is 0 Å². The largest absolute Gasteiger partial charge is 0.392 e. The predicted octanol–water partition coefficient (Wildman–Crippen LogP) is 2.19. The van der Waals surface area contributed by atoms with Crippen LogP contribution in [0.2, 0.25) is 0 Å². The maximum atomic E-state index is 12.2. The standard InChI is InChI=1S/C11H16N2OS2/c1-3-5-13(7-9(12)15)11(14)10-8(2)4-6-16-10/h4,6H,3,5,7H2,1-2H3,(H2,12,15). The molecular formula is C11H16N2OS2. The van der Waals surface area contributed by atoms with Crippen molar-refractivity contribution in [1.82, 2.24) is 4.90 Å². The maximum absolute atomic E-state index is 12.2. The number of carbonyl (C=O) groups is 1. The fraction of sp³-hybridized carbons (Fsp3) is 0.455. The minimum atomic E-state index is 0.0298. The molecule has 0 radical (unpaired) electrons. The number of thiophene rings is 1. The number of nitrogens with zero attached hydrogens (tertiary/aromatic N) is 1. The Balaban J connectivity index is 2.82. The van der Waals surface area contributed by atoms with Crippen LogP contribution in [0.1, 0.15) is 28.6 Å². The first-order valence-corrected chi connectivity index (χ1v) is 6.46. The first-order valence-electron chi connectivity index (χ1n) is 5.18. The number of hydrogen-bond donors (Lipinski definition) is 1. The average molecular weight is 256 g/mol. The lowest BCUT2D eigenvalue weighted by Gasteiger charge is -2.21. The molecule has 0 unspecified atom stereocenters. The fourth-order valence-corrected chi connectivity index (χ4v) is 2.49. The highest BCUT2D eigenvalue weighted by atomic mass is 32.1. The van der Waals surface area contributed by atoms with Gasteiger partial charge in [0.25, 0.3) is 5.91 Å². The molecule has 0 saturated heterocycles. The van der Waals surface area contributed by atoms with Crippen molar-refractivity contribution in [2.75, 3.05) is 13.1 Å². The second-order valence-electron chi connectivity index (χ2n) is 3.63. The fourth-order valence-electron chi connectivity index (χ4n) is 1.45. The third kappa shape index (κ3) is 3.28. The van der Waals surface area contributed by atoms with Crippen molar-refractivity contribution in [3.05, 3.63) is 21.9 Å². The number of aryl methyl sites for hydroxylation is 1. The van der Waals surface area contributed by atoms with Crippen LogP contribution in [0.25, 0.3) is 0 Å². The van der Waals surface area contributed by atoms with E-state index in [9.17, 15) is 4.79 Å². The molecule has 0 spiro atoms. The van der Waals surface area contributed by atoms with Gasteiger partial charge in [-0.05, 0) is 30.4 Å². The molecule has 0 atom stereocenters. The summed E-state index contributed by atoms with van der Waals surface area (Å²) >= 11 is 6.32. The van der Waals surface area contributed by atoms with E-state index in [1.165, 1.54) is 11.3 Å². The minimum absolute atomic E-state index is 0.0298. The summed E-state index contributed by atoms with van der Waals surface area (Å²) in [6, 6.07) is 1.95. The monoisotopic (exact) mass is 256 g/mol. The molecule has 0 aliphatic rings. The van der Waals surface area contributed by atoms with Crippen LogP contribution >= 0.6 is 23.6 Å². The summed E-state index contributed by atoms with van der Waals surface area (Å²) in [4.78, 5) is 15.0. The highest BCUT2D eigenvalue weighted by Crippen LogP contribution is 2.18. The molecule has 1 aromatic rings. The Morgan fingerprint density at radius 3 is 2.75 bits per heavy atom. The van der Waals surface area contributed by atoms with Crippen LogP contribution in [-0.4, -0.2) is 28.9 Å². The number of carbonyl (C=O) groups excluding carboxylic acids is 1. The van der Waals surface area contributed by atoms with E-state index >= 15 is 0 Å². The van der Waals surface area contributed by atoms with Crippen molar-refractivity contribution < 1.29 is 4.79 Å². The number of rotatable bonds is 5. The van der Waals surface area contributed by atoms with E-state index in [-0.39, 0.29) is 5.91 Å². The van der Waals surface area contributed by atoms with Gasteiger partial charge in [0, 0.05) is 6.54 Å². The molecule has 0 bridgehead atoms. The molecule has 0 aliphatic heterocycles. The Hall–Kier alpha value is -0.940. The van der Waals surface area contributed by atoms with Gasteiger partial charge in [-0.1, -0.05) is 19.1 Å². The van der Waals surface area contributed by atoms with Crippen molar-refractivity contribution in [3.63, 3.8) is 0 Å². The van der Waals surface area contributed by atoms with Gasteiger partial charge in [-0.3, -0.25) is 4.79 Å². The quantitative estimate of drug-likeness (QED) is 0.822. The third-order valence-corrected chi connectivity index (χ3v) is 3.32. The van der Waals surface area contributed by atoms with Crippen LogP contribution in [0.4, 0.5) is 0 Å². The molecule has 5 heteroatoms. The highest BCUT2D eigenvalue weighted by Gasteiger charge is 2.18. The minimum Gasteiger partial charge on any atom is -0.392 e. The number of hydrogen-bond acceptors (Lipinski definition) is 3. The molecule has 1 amide bonds. The normalized spacial score (nSPS) is 10.1. The maximum Gasteiger partial charge on any atom is 0.264 e. The smallest absolute Gasteiger partial charge is 0.264 e. The zero-order valence-electron chi connectivity index (χ0n) is 9.53. The molecule has 3 nitrogen and oxygen atoms in total. The van der Waals surface area contributed by atoms with E-state index in [2.05, 4.69) is 0 Å².